The van der Waals surface area contributed by atoms with Crippen LogP contribution in [0.25, 0.3) is 11.2 Å². The van der Waals surface area contributed by atoms with Crippen LogP contribution in [-0.2, 0) is 31.6 Å². The summed E-state index contributed by atoms with van der Waals surface area (Å²) in [5.41, 5.74) is 6.22. The van der Waals surface area contributed by atoms with Crippen molar-refractivity contribution in [3.63, 3.8) is 0 Å². The van der Waals surface area contributed by atoms with Gasteiger partial charge in [-0.05, 0) is 0 Å². The number of anilines is 1. The minimum atomic E-state index is -6.10. The number of ether oxygens (including phenoxy) is 1. The van der Waals surface area contributed by atoms with Crippen LogP contribution < -0.4 is 101 Å². The van der Waals surface area contributed by atoms with E-state index in [1.165, 1.54) is 10.9 Å². The fraction of sp³-hybridized carbons (Fsp3) is 0.500. The SMILES string of the molecule is Nc1nc(=S)c2ncn(C3CC(O)C(COP(=O)([O-])OP(=O)([O-])OP(=O)([O-])[O-])O3)c2[nH]1.[Li+].[Li+].[Li+].[Li+]. The quantitative estimate of drug-likeness (QED) is 0.157. The number of nitrogens with two attached hydrogens (primary N) is 1. The van der Waals surface area contributed by atoms with Crippen molar-refractivity contribution in [2.45, 2.75) is 24.9 Å². The predicted octanol–water partition coefficient (Wildman–Crippen LogP) is -14.4. The zero-order valence-corrected chi connectivity index (χ0v) is 22.3. The van der Waals surface area contributed by atoms with Crippen LogP contribution in [0.1, 0.15) is 12.6 Å². The summed E-state index contributed by atoms with van der Waals surface area (Å²) < 4.78 is 50.9. The Kier molecular flexibility index (Phi) is 16.0. The van der Waals surface area contributed by atoms with E-state index in [2.05, 4.69) is 28.1 Å². The molecule has 0 saturated carbocycles. The number of hydrogen-bond donors (Lipinski definition) is 3. The van der Waals surface area contributed by atoms with Crippen LogP contribution in [0, 0.1) is 4.64 Å². The minimum absolute atomic E-state index is 0. The van der Waals surface area contributed by atoms with Gasteiger partial charge in [0.2, 0.25) is 0 Å². The summed E-state index contributed by atoms with van der Waals surface area (Å²) in [5.74, 6) is -0.00733. The first-order valence-corrected chi connectivity index (χ1v) is 12.7. The molecule has 0 aromatic carbocycles. The van der Waals surface area contributed by atoms with Crippen molar-refractivity contribution in [1.82, 2.24) is 19.5 Å². The van der Waals surface area contributed by atoms with Gasteiger partial charge in [-0.3, -0.25) is 18.0 Å². The number of aromatic nitrogens is 4. The molecule has 1 fully saturated rings. The van der Waals surface area contributed by atoms with E-state index in [9.17, 15) is 38.4 Å². The van der Waals surface area contributed by atoms with Crippen LogP contribution in [0.15, 0.2) is 6.33 Å². The maximum atomic E-state index is 11.6. The number of fused-ring (bicyclic) bond motifs is 1. The monoisotopic (exact) mass is 547 g/mol. The zero-order chi connectivity index (χ0) is 23.2. The summed E-state index contributed by atoms with van der Waals surface area (Å²) in [7, 11) is -17.9. The maximum absolute atomic E-state index is 11.6. The second kappa shape index (κ2) is 14.6. The van der Waals surface area contributed by atoms with E-state index in [-0.39, 0.29) is 92.5 Å². The first-order chi connectivity index (χ1) is 14.2. The molecule has 1 aliphatic heterocycles. The molecule has 35 heavy (non-hydrogen) atoms. The van der Waals surface area contributed by atoms with Gasteiger partial charge in [-0.2, -0.15) is 0 Å². The number of nitrogens with zero attached hydrogens (tertiary/aromatic N) is 3. The van der Waals surface area contributed by atoms with Crippen LogP contribution in [-0.4, -0.2) is 43.4 Å². The second-order valence-electron chi connectivity index (χ2n) is 6.01. The van der Waals surface area contributed by atoms with Gasteiger partial charge in [-0.15, -0.1) is 0 Å². The van der Waals surface area contributed by atoms with E-state index in [0.29, 0.717) is 11.2 Å². The molecule has 5 atom stereocenters. The van der Waals surface area contributed by atoms with E-state index in [1.807, 2.05) is 0 Å². The zero-order valence-electron chi connectivity index (χ0n) is 18.8. The number of H-pyrrole nitrogens is 1. The van der Waals surface area contributed by atoms with Crippen LogP contribution >= 0.6 is 35.7 Å². The number of phosphoric ester groups is 1. The average molecular weight is 547 g/mol. The number of nitrogens with one attached hydrogen (secondary N) is 1. The molecule has 3 heterocycles. The second-order valence-corrected chi connectivity index (χ2v) is 10.6. The number of aliphatic hydroxyl groups is 1. The van der Waals surface area contributed by atoms with Crippen LogP contribution in [0.3, 0.4) is 0 Å². The first-order valence-electron chi connectivity index (χ1n) is 7.93. The molecule has 0 radical (unpaired) electrons. The Morgan fingerprint density at radius 3 is 2.34 bits per heavy atom. The molecule has 0 bridgehead atoms. The van der Waals surface area contributed by atoms with Gasteiger partial charge in [0.05, 0.1) is 26.9 Å². The number of hydrogen-bond acceptors (Lipinski definition) is 16. The summed E-state index contributed by atoms with van der Waals surface area (Å²) in [5, 5.41) is 10.1. The van der Waals surface area contributed by atoms with E-state index < -0.39 is 48.5 Å². The molecule has 25 heteroatoms. The number of imidazole rings is 1. The van der Waals surface area contributed by atoms with E-state index in [1.54, 1.807) is 0 Å². The Morgan fingerprint density at radius 1 is 1.17 bits per heavy atom. The molecule has 0 amide bonds. The minimum Gasteiger partial charge on any atom is -0.790 e. The molecule has 3 rings (SSSR count). The molecule has 5 unspecified atom stereocenters. The molecule has 1 aliphatic rings. The third kappa shape index (κ3) is 10.8. The van der Waals surface area contributed by atoms with Crippen molar-refractivity contribution < 1.29 is 132 Å². The van der Waals surface area contributed by atoms with Gasteiger partial charge >= 0.3 is 75.4 Å². The summed E-state index contributed by atoms with van der Waals surface area (Å²) in [6, 6.07) is 0. The maximum Gasteiger partial charge on any atom is 1.00 e. The van der Waals surface area contributed by atoms with Crippen molar-refractivity contribution >= 4 is 52.8 Å². The molecule has 4 N–H and O–H groups in total. The smallest absolute Gasteiger partial charge is 0.790 e. The van der Waals surface area contributed by atoms with Crippen molar-refractivity contribution in [2.75, 3.05) is 12.3 Å². The molecule has 0 spiro atoms. The number of nitrogen functional groups attached to an aromatic ring is 1. The fourth-order valence-electron chi connectivity index (χ4n) is 2.66. The Hall–Kier alpha value is 1.29. The standard InChI is InChI=1S/C10H16N5O12P3S.4Li/c11-10-13-8-7(9(31)14-10)12-3-15(8)6-1-4(16)5(25-6)2-24-29(20,21)27-30(22,23)26-28(17,18)19;;;;/h3-6,16H,1-2H2,(H,20,21)(H,22,23)(H2,17,18,19)(H3,11,13,14,31);;;;/q;4*+1/p-4. The summed E-state index contributed by atoms with van der Waals surface area (Å²) in [4.78, 5) is 54.0. The summed E-state index contributed by atoms with van der Waals surface area (Å²) in [6.45, 7) is -0.919. The van der Waals surface area contributed by atoms with Crippen LogP contribution in [0.5, 0.6) is 0 Å². The molecular formula is C10H12Li4N5O12P3S. The molecule has 2 aromatic rings. The van der Waals surface area contributed by atoms with Crippen molar-refractivity contribution in [3.05, 3.63) is 11.0 Å². The Bertz CT molecular complexity index is 1200. The Morgan fingerprint density at radius 2 is 1.77 bits per heavy atom. The van der Waals surface area contributed by atoms with E-state index in [0.717, 1.165) is 0 Å². The molecule has 1 saturated heterocycles. The van der Waals surface area contributed by atoms with E-state index in [4.69, 9.17) is 22.7 Å². The van der Waals surface area contributed by atoms with Crippen molar-refractivity contribution in [3.8, 4) is 0 Å². The number of aliphatic hydroxyl groups excluding tert-OH is 1. The van der Waals surface area contributed by atoms with Crippen LogP contribution in [0.2, 0.25) is 0 Å². The van der Waals surface area contributed by atoms with Gasteiger partial charge in [-0.1, -0.05) is 12.2 Å². The molecule has 2 aromatic heterocycles. The average Bonchev–Trinajstić information content (AvgIpc) is 3.13. The van der Waals surface area contributed by atoms with Gasteiger partial charge in [-0.25, -0.2) is 14.3 Å². The van der Waals surface area contributed by atoms with E-state index >= 15 is 0 Å². The van der Waals surface area contributed by atoms with Gasteiger partial charge in [0.1, 0.15) is 23.5 Å². The van der Waals surface area contributed by atoms with Crippen molar-refractivity contribution in [2.24, 2.45) is 0 Å². The summed E-state index contributed by atoms with van der Waals surface area (Å²) in [6.07, 6.45) is -2.19. The van der Waals surface area contributed by atoms with Gasteiger partial charge in [0.25, 0.3) is 15.6 Å². The molecule has 174 valence electrons. The normalized spacial score (nSPS) is 23.1. The third-order valence-corrected chi connectivity index (χ3v) is 7.73. The van der Waals surface area contributed by atoms with Crippen LogP contribution in [0.4, 0.5) is 5.95 Å². The third-order valence-electron chi connectivity index (χ3n) is 3.78. The molecule has 17 nitrogen and oxygen atoms in total. The number of rotatable bonds is 8. The summed E-state index contributed by atoms with van der Waals surface area (Å²) >= 11 is 5.04. The fourth-order valence-corrected chi connectivity index (χ4v) is 5.77. The first kappa shape index (κ1) is 38.4. The largest absolute Gasteiger partial charge is 1.00 e. The van der Waals surface area contributed by atoms with Gasteiger partial charge in [0.15, 0.2) is 10.6 Å². The topological polar surface area (TPSA) is 273 Å². The Labute approximate surface area is 250 Å². The van der Waals surface area contributed by atoms with Crippen molar-refractivity contribution in [1.29, 1.82) is 0 Å². The predicted molar refractivity (Wildman–Crippen MR) is 92.6 cm³/mol. The molecule has 0 aliphatic carbocycles. The molecular weight excluding hydrogens is 535 g/mol. The Balaban J connectivity index is 0. The number of aromatic amines is 1. The van der Waals surface area contributed by atoms with Gasteiger partial charge in [0, 0.05) is 6.42 Å². The van der Waals surface area contributed by atoms with Gasteiger partial charge < -0.3 is 49.2 Å². The number of phosphoric acid groups is 3.